The van der Waals surface area contributed by atoms with Crippen molar-refractivity contribution in [2.75, 3.05) is 13.2 Å². The van der Waals surface area contributed by atoms with Crippen LogP contribution in [0.1, 0.15) is 29.9 Å². The number of aromatic amines is 1. The Labute approximate surface area is 115 Å². The van der Waals surface area contributed by atoms with Crippen LogP contribution in [0.15, 0.2) is 6.20 Å². The van der Waals surface area contributed by atoms with Gasteiger partial charge in [0.05, 0.1) is 23.9 Å². The topological polar surface area (TPSA) is 85.5 Å². The van der Waals surface area contributed by atoms with Crippen LogP contribution in [-0.2, 0) is 25.5 Å². The van der Waals surface area contributed by atoms with Gasteiger partial charge in [0.1, 0.15) is 0 Å². The third-order valence-corrected chi connectivity index (χ3v) is 2.62. The molecule has 1 N–H and O–H groups in total. The normalized spacial score (nSPS) is 10.1. The first-order chi connectivity index (χ1) is 8.97. The van der Waals surface area contributed by atoms with Gasteiger partial charge in [0.25, 0.3) is 5.78 Å². The van der Waals surface area contributed by atoms with Crippen LogP contribution in [-0.4, -0.2) is 35.9 Å². The zero-order chi connectivity index (χ0) is 14.4. The Morgan fingerprint density at radius 1 is 1.32 bits per heavy atom. The van der Waals surface area contributed by atoms with Gasteiger partial charge in [0, 0.05) is 25.1 Å². The molecule has 0 bridgehead atoms. The zero-order valence-electron chi connectivity index (χ0n) is 10.6. The molecule has 0 unspecified atom stereocenters. The molecule has 1 aromatic rings. The first kappa shape index (κ1) is 15.2. The molecule has 19 heavy (non-hydrogen) atoms. The minimum atomic E-state index is -0.949. The summed E-state index contributed by atoms with van der Waals surface area (Å²) < 4.78 is 9.40. The molecule has 0 aliphatic heterocycles. The van der Waals surface area contributed by atoms with Crippen LogP contribution < -0.4 is 0 Å². The SMILES string of the molecule is CCOC(=O)C(=O)c1[nH]cc(Cl)c1CCOC(C)=O. The van der Waals surface area contributed by atoms with E-state index in [0.717, 1.165) is 0 Å². The van der Waals surface area contributed by atoms with E-state index in [2.05, 4.69) is 9.72 Å². The predicted molar refractivity (Wildman–Crippen MR) is 67.1 cm³/mol. The first-order valence-corrected chi connectivity index (χ1v) is 6.05. The van der Waals surface area contributed by atoms with Crippen molar-refractivity contribution in [1.82, 2.24) is 4.98 Å². The van der Waals surface area contributed by atoms with Crippen LogP contribution in [0.25, 0.3) is 0 Å². The van der Waals surface area contributed by atoms with E-state index in [1.54, 1.807) is 6.92 Å². The number of esters is 2. The summed E-state index contributed by atoms with van der Waals surface area (Å²) in [6.45, 7) is 3.08. The summed E-state index contributed by atoms with van der Waals surface area (Å²) in [4.78, 5) is 36.5. The molecule has 0 aliphatic rings. The lowest BCUT2D eigenvalue weighted by molar-refractivity contribution is -0.141. The highest BCUT2D eigenvalue weighted by Crippen LogP contribution is 2.21. The second-order valence-electron chi connectivity index (χ2n) is 3.63. The third-order valence-electron chi connectivity index (χ3n) is 2.28. The summed E-state index contributed by atoms with van der Waals surface area (Å²) in [5.41, 5.74) is 0.497. The molecule has 0 saturated heterocycles. The van der Waals surface area contributed by atoms with Gasteiger partial charge in [0.2, 0.25) is 0 Å². The van der Waals surface area contributed by atoms with Crippen molar-refractivity contribution in [2.24, 2.45) is 0 Å². The van der Waals surface area contributed by atoms with E-state index in [9.17, 15) is 14.4 Å². The number of H-pyrrole nitrogens is 1. The Bertz CT molecular complexity index is 494. The molecule has 1 rings (SSSR count). The number of nitrogens with one attached hydrogen (secondary N) is 1. The Kier molecular flexibility index (Phi) is 5.57. The summed E-state index contributed by atoms with van der Waals surface area (Å²) in [5, 5.41) is 0.305. The fourth-order valence-electron chi connectivity index (χ4n) is 1.47. The van der Waals surface area contributed by atoms with Crippen LogP contribution in [0.2, 0.25) is 5.02 Å². The Hall–Kier alpha value is -1.82. The Morgan fingerprint density at radius 3 is 2.58 bits per heavy atom. The number of hydrogen-bond donors (Lipinski definition) is 1. The fourth-order valence-corrected chi connectivity index (χ4v) is 1.72. The molecule has 7 heteroatoms. The van der Waals surface area contributed by atoms with Crippen LogP contribution in [0.5, 0.6) is 0 Å². The van der Waals surface area contributed by atoms with Crippen molar-refractivity contribution in [2.45, 2.75) is 20.3 Å². The summed E-state index contributed by atoms with van der Waals surface area (Å²) >= 11 is 5.91. The van der Waals surface area contributed by atoms with Gasteiger partial charge in [-0.1, -0.05) is 11.6 Å². The van der Waals surface area contributed by atoms with Gasteiger partial charge in [-0.2, -0.15) is 0 Å². The number of ketones is 1. The van der Waals surface area contributed by atoms with E-state index in [1.807, 2.05) is 0 Å². The van der Waals surface area contributed by atoms with E-state index in [1.165, 1.54) is 13.1 Å². The standard InChI is InChI=1S/C12H14ClNO5/c1-3-18-12(17)11(16)10-8(9(13)6-14-10)4-5-19-7(2)15/h6,14H,3-5H2,1-2H3. The number of hydrogen-bond acceptors (Lipinski definition) is 5. The number of halogens is 1. The molecule has 0 atom stereocenters. The Balaban J connectivity index is 2.82. The highest BCUT2D eigenvalue weighted by atomic mass is 35.5. The number of ether oxygens (including phenoxy) is 2. The Morgan fingerprint density at radius 2 is 2.00 bits per heavy atom. The van der Waals surface area contributed by atoms with E-state index < -0.39 is 17.7 Å². The van der Waals surface area contributed by atoms with Gasteiger partial charge >= 0.3 is 11.9 Å². The van der Waals surface area contributed by atoms with E-state index in [-0.39, 0.29) is 25.3 Å². The average molecular weight is 288 g/mol. The van der Waals surface area contributed by atoms with Crippen molar-refractivity contribution < 1.29 is 23.9 Å². The van der Waals surface area contributed by atoms with Gasteiger partial charge in [-0.05, 0) is 6.92 Å². The number of Topliss-reactive ketones (excluding diaryl/α,β-unsaturated/α-hetero) is 1. The quantitative estimate of drug-likeness (QED) is 0.487. The van der Waals surface area contributed by atoms with E-state index in [0.29, 0.717) is 10.6 Å². The second kappa shape index (κ2) is 6.94. The van der Waals surface area contributed by atoms with Crippen molar-refractivity contribution in [3.8, 4) is 0 Å². The number of rotatable bonds is 6. The summed E-state index contributed by atoms with van der Waals surface area (Å²) in [6.07, 6.45) is 1.64. The molecule has 0 fully saturated rings. The lowest BCUT2D eigenvalue weighted by atomic mass is 10.1. The molecule has 0 aliphatic carbocycles. The number of carbonyl (C=O) groups excluding carboxylic acids is 3. The van der Waals surface area contributed by atoms with Gasteiger partial charge in [0.15, 0.2) is 0 Å². The lowest BCUT2D eigenvalue weighted by Crippen LogP contribution is -2.19. The zero-order valence-corrected chi connectivity index (χ0v) is 11.4. The molecule has 1 aromatic heterocycles. The van der Waals surface area contributed by atoms with Crippen LogP contribution >= 0.6 is 11.6 Å². The summed E-state index contributed by atoms with van der Waals surface area (Å²) in [7, 11) is 0. The van der Waals surface area contributed by atoms with Crippen molar-refractivity contribution in [3.05, 3.63) is 22.5 Å². The van der Waals surface area contributed by atoms with Gasteiger partial charge < -0.3 is 14.5 Å². The first-order valence-electron chi connectivity index (χ1n) is 5.67. The molecular formula is C12H14ClNO5. The van der Waals surface area contributed by atoms with Crippen LogP contribution in [0.4, 0.5) is 0 Å². The lowest BCUT2D eigenvalue weighted by Gasteiger charge is -2.04. The van der Waals surface area contributed by atoms with Crippen molar-refractivity contribution >= 4 is 29.3 Å². The largest absolute Gasteiger partial charge is 0.466 e. The fraction of sp³-hybridized carbons (Fsp3) is 0.417. The maximum Gasteiger partial charge on any atom is 0.381 e. The maximum absolute atomic E-state index is 11.8. The number of aromatic nitrogens is 1. The molecule has 6 nitrogen and oxygen atoms in total. The van der Waals surface area contributed by atoms with Gasteiger partial charge in [-0.15, -0.1) is 0 Å². The second-order valence-corrected chi connectivity index (χ2v) is 4.04. The molecule has 0 aromatic carbocycles. The minimum absolute atomic E-state index is 0.0654. The van der Waals surface area contributed by atoms with Crippen LogP contribution in [0.3, 0.4) is 0 Å². The van der Waals surface area contributed by atoms with Crippen LogP contribution in [0, 0.1) is 0 Å². The van der Waals surface area contributed by atoms with E-state index >= 15 is 0 Å². The smallest absolute Gasteiger partial charge is 0.381 e. The molecule has 104 valence electrons. The molecule has 0 radical (unpaired) electrons. The molecule has 0 amide bonds. The summed E-state index contributed by atoms with van der Waals surface area (Å²) in [6, 6.07) is 0. The maximum atomic E-state index is 11.8. The third kappa shape index (κ3) is 4.10. The van der Waals surface area contributed by atoms with Crippen molar-refractivity contribution in [1.29, 1.82) is 0 Å². The average Bonchev–Trinajstić information content (AvgIpc) is 2.70. The highest BCUT2D eigenvalue weighted by Gasteiger charge is 2.24. The van der Waals surface area contributed by atoms with Gasteiger partial charge in [-0.3, -0.25) is 9.59 Å². The highest BCUT2D eigenvalue weighted by molar-refractivity contribution is 6.41. The minimum Gasteiger partial charge on any atom is -0.466 e. The van der Waals surface area contributed by atoms with Crippen molar-refractivity contribution in [3.63, 3.8) is 0 Å². The molecule has 0 spiro atoms. The monoisotopic (exact) mass is 287 g/mol. The molecule has 1 heterocycles. The summed E-state index contributed by atoms with van der Waals surface area (Å²) in [5.74, 6) is -2.17. The van der Waals surface area contributed by atoms with E-state index in [4.69, 9.17) is 16.3 Å². The predicted octanol–water partition coefficient (Wildman–Crippen LogP) is 1.52. The molecule has 0 saturated carbocycles. The van der Waals surface area contributed by atoms with Gasteiger partial charge in [-0.25, -0.2) is 4.79 Å². The number of carbonyl (C=O) groups is 3. The molecular weight excluding hydrogens is 274 g/mol.